The first-order valence-corrected chi connectivity index (χ1v) is 6.41. The van der Waals surface area contributed by atoms with Crippen LogP contribution in [0.3, 0.4) is 0 Å². The van der Waals surface area contributed by atoms with Crippen molar-refractivity contribution in [3.8, 4) is 5.88 Å². The Balaban J connectivity index is 1.90. The molecule has 0 aliphatic carbocycles. The molecule has 0 unspecified atom stereocenters. The van der Waals surface area contributed by atoms with E-state index in [-0.39, 0.29) is 0 Å². The molecule has 5 nitrogen and oxygen atoms in total. The van der Waals surface area contributed by atoms with Gasteiger partial charge in [0.2, 0.25) is 11.8 Å². The normalized spacial score (nSPS) is 19.5. The van der Waals surface area contributed by atoms with Gasteiger partial charge in [-0.3, -0.25) is 0 Å². The summed E-state index contributed by atoms with van der Waals surface area (Å²) in [5.74, 6) is 1.25. The highest BCUT2D eigenvalue weighted by atomic mass is 16.5. The van der Waals surface area contributed by atoms with Crippen LogP contribution < -0.4 is 10.1 Å². The summed E-state index contributed by atoms with van der Waals surface area (Å²) < 4.78 is 5.09. The van der Waals surface area contributed by atoms with Gasteiger partial charge in [0.1, 0.15) is 0 Å². The number of nitrogens with one attached hydrogen (secondary N) is 1. The highest BCUT2D eigenvalue weighted by molar-refractivity contribution is 5.27. The Kier molecular flexibility index (Phi) is 4.01. The molecule has 0 radical (unpaired) electrons. The van der Waals surface area contributed by atoms with Crippen molar-refractivity contribution in [2.45, 2.75) is 19.8 Å². The molecule has 18 heavy (non-hydrogen) atoms. The third kappa shape index (κ3) is 3.32. The Morgan fingerprint density at radius 1 is 1.44 bits per heavy atom. The summed E-state index contributed by atoms with van der Waals surface area (Å²) in [7, 11) is 3.79. The molecule has 1 aliphatic rings. The molecule has 1 N–H and O–H groups in total. The fraction of sp³-hybridized carbons (Fsp3) is 0.692. The second-order valence-corrected chi connectivity index (χ2v) is 5.39. The topological polar surface area (TPSA) is 50.3 Å². The van der Waals surface area contributed by atoms with E-state index in [0.29, 0.717) is 17.2 Å². The molecule has 1 fully saturated rings. The fourth-order valence-electron chi connectivity index (χ4n) is 2.17. The molecule has 1 aromatic heterocycles. The molecule has 0 aromatic carbocycles. The quantitative estimate of drug-likeness (QED) is 0.880. The zero-order valence-electron chi connectivity index (χ0n) is 11.4. The molecule has 5 heteroatoms. The first-order chi connectivity index (χ1) is 8.61. The lowest BCUT2D eigenvalue weighted by atomic mass is 9.80. The van der Waals surface area contributed by atoms with Gasteiger partial charge < -0.3 is 15.0 Å². The van der Waals surface area contributed by atoms with Crippen LogP contribution in [-0.4, -0.2) is 48.7 Å². The number of piperidine rings is 1. The molecular weight excluding hydrogens is 228 g/mol. The molecule has 1 saturated heterocycles. The van der Waals surface area contributed by atoms with Gasteiger partial charge in [0.25, 0.3) is 0 Å². The average molecular weight is 250 g/mol. The Labute approximate surface area is 109 Å². The molecule has 0 amide bonds. The second-order valence-electron chi connectivity index (χ2n) is 5.39. The summed E-state index contributed by atoms with van der Waals surface area (Å²) in [6.07, 6.45) is 4.13. The van der Waals surface area contributed by atoms with Crippen LogP contribution in [0.5, 0.6) is 5.88 Å². The Morgan fingerprint density at radius 3 is 2.83 bits per heavy atom. The molecule has 1 aromatic rings. The van der Waals surface area contributed by atoms with Gasteiger partial charge in [-0.15, -0.1) is 0 Å². The van der Waals surface area contributed by atoms with E-state index >= 15 is 0 Å². The van der Waals surface area contributed by atoms with Crippen molar-refractivity contribution in [2.75, 3.05) is 39.1 Å². The summed E-state index contributed by atoms with van der Waals surface area (Å²) in [6, 6.07) is 1.75. The zero-order valence-corrected chi connectivity index (χ0v) is 11.4. The summed E-state index contributed by atoms with van der Waals surface area (Å²) in [6.45, 7) is 5.56. The van der Waals surface area contributed by atoms with Gasteiger partial charge in [0, 0.05) is 18.8 Å². The number of aromatic nitrogens is 2. The lowest BCUT2D eigenvalue weighted by Gasteiger charge is -2.37. The average Bonchev–Trinajstić information content (AvgIpc) is 2.41. The Bertz CT molecular complexity index is 388. The molecule has 2 rings (SSSR count). The highest BCUT2D eigenvalue weighted by Crippen LogP contribution is 2.30. The third-order valence-corrected chi connectivity index (χ3v) is 3.71. The Hall–Kier alpha value is -1.36. The van der Waals surface area contributed by atoms with Crippen LogP contribution in [0.4, 0.5) is 5.95 Å². The number of anilines is 1. The fourth-order valence-corrected chi connectivity index (χ4v) is 2.17. The first-order valence-electron chi connectivity index (χ1n) is 6.41. The van der Waals surface area contributed by atoms with Gasteiger partial charge in [0.05, 0.1) is 7.11 Å². The summed E-state index contributed by atoms with van der Waals surface area (Å²) in [5, 5.41) is 3.32. The number of hydrogen-bond acceptors (Lipinski definition) is 5. The summed E-state index contributed by atoms with van der Waals surface area (Å²) >= 11 is 0. The van der Waals surface area contributed by atoms with Crippen LogP contribution in [0, 0.1) is 5.41 Å². The minimum atomic E-state index is 0.332. The van der Waals surface area contributed by atoms with Crippen LogP contribution in [-0.2, 0) is 0 Å². The van der Waals surface area contributed by atoms with Gasteiger partial charge in [-0.05, 0) is 38.4 Å². The number of methoxy groups -OCH3 is 1. The Morgan fingerprint density at radius 2 is 2.17 bits per heavy atom. The number of likely N-dealkylation sites (tertiary alicyclic amines) is 1. The van der Waals surface area contributed by atoms with Crippen molar-refractivity contribution >= 4 is 5.95 Å². The number of ether oxygens (including phenoxy) is 1. The standard InChI is InChI=1S/C13H22N4O/c1-13(5-8-17(2)9-6-13)10-15-12-14-7-4-11(16-12)18-3/h4,7H,5-6,8-10H2,1-3H3,(H,14,15,16). The maximum absolute atomic E-state index is 5.09. The predicted octanol–water partition coefficient (Wildman–Crippen LogP) is 1.63. The maximum atomic E-state index is 5.09. The van der Waals surface area contributed by atoms with Crippen molar-refractivity contribution in [3.05, 3.63) is 12.3 Å². The third-order valence-electron chi connectivity index (χ3n) is 3.71. The van der Waals surface area contributed by atoms with Crippen LogP contribution >= 0.6 is 0 Å². The van der Waals surface area contributed by atoms with E-state index in [1.165, 1.54) is 12.8 Å². The van der Waals surface area contributed by atoms with Gasteiger partial charge in [0.15, 0.2) is 0 Å². The van der Waals surface area contributed by atoms with E-state index in [1.54, 1.807) is 19.4 Å². The molecule has 0 saturated carbocycles. The van der Waals surface area contributed by atoms with E-state index in [0.717, 1.165) is 19.6 Å². The zero-order chi connectivity index (χ0) is 13.0. The van der Waals surface area contributed by atoms with Gasteiger partial charge in [-0.2, -0.15) is 4.98 Å². The first kappa shape index (κ1) is 13.1. The lowest BCUT2D eigenvalue weighted by Crippen LogP contribution is -2.40. The minimum absolute atomic E-state index is 0.332. The van der Waals surface area contributed by atoms with Crippen molar-refractivity contribution < 1.29 is 4.74 Å². The van der Waals surface area contributed by atoms with Gasteiger partial charge in [-0.25, -0.2) is 4.98 Å². The van der Waals surface area contributed by atoms with Crippen molar-refractivity contribution in [3.63, 3.8) is 0 Å². The van der Waals surface area contributed by atoms with E-state index in [2.05, 4.69) is 34.2 Å². The van der Waals surface area contributed by atoms with Crippen LogP contribution in [0.2, 0.25) is 0 Å². The number of hydrogen-bond donors (Lipinski definition) is 1. The van der Waals surface area contributed by atoms with E-state index in [9.17, 15) is 0 Å². The lowest BCUT2D eigenvalue weighted by molar-refractivity contribution is 0.150. The molecule has 0 atom stereocenters. The molecule has 0 spiro atoms. The molecule has 0 bridgehead atoms. The van der Waals surface area contributed by atoms with E-state index < -0.39 is 0 Å². The highest BCUT2D eigenvalue weighted by Gasteiger charge is 2.28. The summed E-state index contributed by atoms with van der Waals surface area (Å²) in [5.41, 5.74) is 0.332. The summed E-state index contributed by atoms with van der Waals surface area (Å²) in [4.78, 5) is 10.9. The predicted molar refractivity (Wildman–Crippen MR) is 71.9 cm³/mol. The smallest absolute Gasteiger partial charge is 0.225 e. The number of rotatable bonds is 4. The van der Waals surface area contributed by atoms with Crippen LogP contribution in [0.1, 0.15) is 19.8 Å². The van der Waals surface area contributed by atoms with E-state index in [1.807, 2.05) is 0 Å². The van der Waals surface area contributed by atoms with Crippen LogP contribution in [0.25, 0.3) is 0 Å². The van der Waals surface area contributed by atoms with Gasteiger partial charge in [-0.1, -0.05) is 6.92 Å². The monoisotopic (exact) mass is 250 g/mol. The minimum Gasteiger partial charge on any atom is -0.481 e. The second kappa shape index (κ2) is 5.52. The van der Waals surface area contributed by atoms with Crippen molar-refractivity contribution in [1.29, 1.82) is 0 Å². The van der Waals surface area contributed by atoms with Gasteiger partial charge >= 0.3 is 0 Å². The molecular formula is C13H22N4O. The van der Waals surface area contributed by atoms with Crippen molar-refractivity contribution in [2.24, 2.45) is 5.41 Å². The SMILES string of the molecule is COc1ccnc(NCC2(C)CCN(C)CC2)n1. The maximum Gasteiger partial charge on any atom is 0.225 e. The molecule has 1 aliphatic heterocycles. The molecule has 100 valence electrons. The largest absolute Gasteiger partial charge is 0.481 e. The van der Waals surface area contributed by atoms with Crippen molar-refractivity contribution in [1.82, 2.24) is 14.9 Å². The van der Waals surface area contributed by atoms with Crippen LogP contribution in [0.15, 0.2) is 12.3 Å². The molecule has 2 heterocycles. The van der Waals surface area contributed by atoms with E-state index in [4.69, 9.17) is 4.74 Å². The number of nitrogens with zero attached hydrogens (tertiary/aromatic N) is 3.